The molecule has 0 bridgehead atoms. The number of hydrogen-bond acceptors (Lipinski definition) is 4. The molecular formula is C16H19FN4O2. The van der Waals surface area contributed by atoms with Crippen LogP contribution < -0.4 is 0 Å². The Balaban J connectivity index is 1.58. The van der Waals surface area contributed by atoms with Crippen LogP contribution in [0.4, 0.5) is 4.39 Å². The second kappa shape index (κ2) is 6.87. The molecule has 0 spiro atoms. The van der Waals surface area contributed by atoms with Crippen LogP contribution in [0, 0.1) is 5.82 Å². The van der Waals surface area contributed by atoms with E-state index in [2.05, 4.69) is 10.2 Å². The Kier molecular flexibility index (Phi) is 4.66. The summed E-state index contributed by atoms with van der Waals surface area (Å²) in [4.78, 5) is 14.2. The predicted octanol–water partition coefficient (Wildman–Crippen LogP) is 1.49. The van der Waals surface area contributed by atoms with Gasteiger partial charge in [0.25, 0.3) is 0 Å². The van der Waals surface area contributed by atoms with Crippen molar-refractivity contribution >= 4 is 5.91 Å². The number of nitrogens with zero attached hydrogens (tertiary/aromatic N) is 4. The summed E-state index contributed by atoms with van der Waals surface area (Å²) < 4.78 is 20.5. The molecule has 1 aromatic heterocycles. The van der Waals surface area contributed by atoms with Crippen molar-refractivity contribution in [1.82, 2.24) is 19.7 Å². The van der Waals surface area contributed by atoms with Gasteiger partial charge in [-0.05, 0) is 17.7 Å². The normalized spacial score (nSPS) is 18.2. The molecule has 1 unspecified atom stereocenters. The zero-order chi connectivity index (χ0) is 16.2. The van der Waals surface area contributed by atoms with Crippen molar-refractivity contribution in [2.75, 3.05) is 19.7 Å². The third kappa shape index (κ3) is 3.73. The van der Waals surface area contributed by atoms with Crippen molar-refractivity contribution in [3.05, 3.63) is 47.8 Å². The van der Waals surface area contributed by atoms with E-state index in [4.69, 9.17) is 4.74 Å². The van der Waals surface area contributed by atoms with E-state index in [-0.39, 0.29) is 17.8 Å². The maximum absolute atomic E-state index is 13.0. The first kappa shape index (κ1) is 15.6. The average Bonchev–Trinajstić information content (AvgIpc) is 2.98. The first-order valence-electron chi connectivity index (χ1n) is 7.61. The average molecular weight is 318 g/mol. The van der Waals surface area contributed by atoms with Crippen LogP contribution in [0.15, 0.2) is 30.6 Å². The molecule has 122 valence electrons. The summed E-state index contributed by atoms with van der Waals surface area (Å²) in [5, 5.41) is 7.79. The quantitative estimate of drug-likeness (QED) is 0.857. The third-order valence-electron chi connectivity index (χ3n) is 4.03. The van der Waals surface area contributed by atoms with Crippen molar-refractivity contribution < 1.29 is 13.9 Å². The first-order chi connectivity index (χ1) is 11.1. The van der Waals surface area contributed by atoms with Crippen LogP contribution in [0.3, 0.4) is 0 Å². The molecule has 0 saturated carbocycles. The van der Waals surface area contributed by atoms with Crippen LogP contribution in [-0.4, -0.2) is 45.3 Å². The summed E-state index contributed by atoms with van der Waals surface area (Å²) in [5.74, 6) is 0.589. The number of ether oxygens (including phenoxy) is 1. The third-order valence-corrected chi connectivity index (χ3v) is 4.03. The molecule has 3 rings (SSSR count). The number of rotatable bonds is 4. The molecule has 6 nitrogen and oxygen atoms in total. The molecule has 1 amide bonds. The summed E-state index contributed by atoms with van der Waals surface area (Å²) in [6.07, 6.45) is 2.37. The summed E-state index contributed by atoms with van der Waals surface area (Å²) in [6, 6.07) is 6.22. The van der Waals surface area contributed by atoms with Gasteiger partial charge in [0.1, 0.15) is 24.1 Å². The molecule has 1 fully saturated rings. The van der Waals surface area contributed by atoms with Gasteiger partial charge in [-0.2, -0.15) is 0 Å². The minimum absolute atomic E-state index is 0.0726. The molecular weight excluding hydrogens is 299 g/mol. The van der Waals surface area contributed by atoms with E-state index in [9.17, 15) is 9.18 Å². The number of carbonyl (C=O) groups excluding carboxylic acids is 1. The van der Waals surface area contributed by atoms with Gasteiger partial charge in [-0.3, -0.25) is 4.79 Å². The number of morpholine rings is 1. The molecule has 2 aromatic rings. The van der Waals surface area contributed by atoms with Crippen LogP contribution in [0.25, 0.3) is 0 Å². The van der Waals surface area contributed by atoms with E-state index < -0.39 is 0 Å². The number of amides is 1. The lowest BCUT2D eigenvalue weighted by atomic mass is 10.1. The number of aromatic nitrogens is 3. The molecule has 1 aliphatic heterocycles. The van der Waals surface area contributed by atoms with Gasteiger partial charge in [0.2, 0.25) is 5.91 Å². The fraction of sp³-hybridized carbons (Fsp3) is 0.438. The highest BCUT2D eigenvalue weighted by atomic mass is 19.1. The van der Waals surface area contributed by atoms with Crippen LogP contribution in [0.2, 0.25) is 0 Å². The van der Waals surface area contributed by atoms with Crippen molar-refractivity contribution in [3.63, 3.8) is 0 Å². The summed E-state index contributed by atoms with van der Waals surface area (Å²) in [5.41, 5.74) is 0.886. The SMILES string of the molecule is Cn1cnnc1CCC(=O)N1CCOC(c2ccc(F)cc2)C1. The monoisotopic (exact) mass is 318 g/mol. The van der Waals surface area contributed by atoms with E-state index in [0.717, 1.165) is 11.4 Å². The summed E-state index contributed by atoms with van der Waals surface area (Å²) >= 11 is 0. The molecule has 0 N–H and O–H groups in total. The van der Waals surface area contributed by atoms with Gasteiger partial charge in [-0.15, -0.1) is 10.2 Å². The zero-order valence-corrected chi connectivity index (χ0v) is 13.0. The Labute approximate surface area is 133 Å². The Morgan fingerprint density at radius 2 is 2.17 bits per heavy atom. The van der Waals surface area contributed by atoms with E-state index in [1.807, 2.05) is 11.6 Å². The van der Waals surface area contributed by atoms with Gasteiger partial charge in [-0.25, -0.2) is 4.39 Å². The topological polar surface area (TPSA) is 60.2 Å². The molecule has 1 atom stereocenters. The molecule has 0 aliphatic carbocycles. The van der Waals surface area contributed by atoms with Crippen molar-refractivity contribution in [2.45, 2.75) is 18.9 Å². The fourth-order valence-electron chi connectivity index (χ4n) is 2.67. The van der Waals surface area contributed by atoms with Crippen LogP contribution in [-0.2, 0) is 23.0 Å². The number of carbonyl (C=O) groups is 1. The Bertz CT molecular complexity index is 671. The van der Waals surface area contributed by atoms with Gasteiger partial charge >= 0.3 is 0 Å². The van der Waals surface area contributed by atoms with E-state index in [1.165, 1.54) is 12.1 Å². The summed E-state index contributed by atoms with van der Waals surface area (Å²) in [7, 11) is 1.86. The molecule has 1 saturated heterocycles. The lowest BCUT2D eigenvalue weighted by Crippen LogP contribution is -2.42. The maximum Gasteiger partial charge on any atom is 0.223 e. The fourth-order valence-corrected chi connectivity index (χ4v) is 2.67. The highest BCUT2D eigenvalue weighted by Gasteiger charge is 2.25. The van der Waals surface area contributed by atoms with Crippen molar-refractivity contribution in [2.24, 2.45) is 7.05 Å². The zero-order valence-electron chi connectivity index (χ0n) is 13.0. The smallest absolute Gasteiger partial charge is 0.223 e. The number of benzene rings is 1. The predicted molar refractivity (Wildman–Crippen MR) is 81.0 cm³/mol. The lowest BCUT2D eigenvalue weighted by molar-refractivity contribution is -0.139. The van der Waals surface area contributed by atoms with E-state index >= 15 is 0 Å². The van der Waals surface area contributed by atoms with Crippen LogP contribution in [0.1, 0.15) is 23.9 Å². The van der Waals surface area contributed by atoms with Crippen LogP contribution in [0.5, 0.6) is 0 Å². The van der Waals surface area contributed by atoms with Gasteiger partial charge in [0.05, 0.1) is 13.2 Å². The second-order valence-electron chi connectivity index (χ2n) is 5.61. The van der Waals surface area contributed by atoms with Gasteiger partial charge in [0, 0.05) is 26.4 Å². The van der Waals surface area contributed by atoms with Gasteiger partial charge in [0.15, 0.2) is 0 Å². The number of aryl methyl sites for hydroxylation is 2. The van der Waals surface area contributed by atoms with Gasteiger partial charge in [-0.1, -0.05) is 12.1 Å². The first-order valence-corrected chi connectivity index (χ1v) is 7.61. The Morgan fingerprint density at radius 1 is 1.39 bits per heavy atom. The van der Waals surface area contributed by atoms with Crippen LogP contribution >= 0.6 is 0 Å². The Hall–Kier alpha value is -2.28. The largest absolute Gasteiger partial charge is 0.370 e. The molecule has 1 aliphatic rings. The van der Waals surface area contributed by atoms with E-state index in [1.54, 1.807) is 23.4 Å². The minimum atomic E-state index is -0.277. The van der Waals surface area contributed by atoms with Crippen molar-refractivity contribution in [3.8, 4) is 0 Å². The van der Waals surface area contributed by atoms with Gasteiger partial charge < -0.3 is 14.2 Å². The molecule has 1 aromatic carbocycles. The van der Waals surface area contributed by atoms with Crippen molar-refractivity contribution in [1.29, 1.82) is 0 Å². The molecule has 7 heteroatoms. The number of halogens is 1. The standard InChI is InChI=1S/C16H19FN4O2/c1-20-11-18-19-15(20)6-7-16(22)21-8-9-23-14(10-21)12-2-4-13(17)5-3-12/h2-5,11,14H,6-10H2,1H3. The van der Waals surface area contributed by atoms with E-state index in [0.29, 0.717) is 32.5 Å². The highest BCUT2D eigenvalue weighted by Crippen LogP contribution is 2.23. The summed E-state index contributed by atoms with van der Waals surface area (Å²) in [6.45, 7) is 1.55. The second-order valence-corrected chi connectivity index (χ2v) is 5.61. The molecule has 0 radical (unpaired) electrons. The lowest BCUT2D eigenvalue weighted by Gasteiger charge is -2.33. The minimum Gasteiger partial charge on any atom is -0.370 e. The molecule has 2 heterocycles. The maximum atomic E-state index is 13.0. The highest BCUT2D eigenvalue weighted by molar-refractivity contribution is 5.76. The molecule has 23 heavy (non-hydrogen) atoms. The Morgan fingerprint density at radius 3 is 2.87 bits per heavy atom. The number of hydrogen-bond donors (Lipinski definition) is 0.